The molecule has 1 amide bonds. The molecule has 108 valence electrons. The average Bonchev–Trinajstić information content (AvgIpc) is 2.57. The van der Waals surface area contributed by atoms with Gasteiger partial charge >= 0.3 is 5.97 Å². The number of hydrogen-bond acceptors (Lipinski definition) is 3. The summed E-state index contributed by atoms with van der Waals surface area (Å²) in [7, 11) is 0. The lowest BCUT2D eigenvalue weighted by Crippen LogP contribution is -2.55. The van der Waals surface area contributed by atoms with Crippen molar-refractivity contribution in [1.82, 2.24) is 10.2 Å². The highest BCUT2D eigenvalue weighted by Crippen LogP contribution is 2.25. The normalized spacial score (nSPS) is 22.9. The zero-order chi connectivity index (χ0) is 14.9. The van der Waals surface area contributed by atoms with Crippen LogP contribution in [-0.4, -0.2) is 39.6 Å². The van der Waals surface area contributed by atoms with Crippen LogP contribution in [0.25, 0.3) is 0 Å². The standard InChI is InChI=1S/C15H20N2O3/c1-10-13(18)17(15(2,3)16-10)12(14(19)20)9-11-7-5-4-6-8-11/h4-8,10,12,16H,9H2,1-3H3,(H,19,20). The summed E-state index contributed by atoms with van der Waals surface area (Å²) in [5.74, 6) is -1.15. The minimum Gasteiger partial charge on any atom is -0.480 e. The Hall–Kier alpha value is -1.88. The van der Waals surface area contributed by atoms with Crippen molar-refractivity contribution in [3.63, 3.8) is 0 Å². The van der Waals surface area contributed by atoms with E-state index in [9.17, 15) is 14.7 Å². The number of carbonyl (C=O) groups is 2. The summed E-state index contributed by atoms with van der Waals surface area (Å²) < 4.78 is 0. The Balaban J connectivity index is 2.29. The summed E-state index contributed by atoms with van der Waals surface area (Å²) in [6.07, 6.45) is 0.305. The molecule has 2 unspecified atom stereocenters. The Morgan fingerprint density at radius 2 is 2.00 bits per heavy atom. The van der Waals surface area contributed by atoms with Gasteiger partial charge in [-0.2, -0.15) is 0 Å². The summed E-state index contributed by atoms with van der Waals surface area (Å²) in [4.78, 5) is 25.3. The molecule has 0 saturated carbocycles. The van der Waals surface area contributed by atoms with Crippen LogP contribution in [0.15, 0.2) is 30.3 Å². The van der Waals surface area contributed by atoms with Crippen molar-refractivity contribution < 1.29 is 14.7 Å². The first-order valence-corrected chi connectivity index (χ1v) is 6.70. The molecule has 0 radical (unpaired) electrons. The van der Waals surface area contributed by atoms with Gasteiger partial charge in [0.05, 0.1) is 11.7 Å². The van der Waals surface area contributed by atoms with Gasteiger partial charge < -0.3 is 10.0 Å². The summed E-state index contributed by atoms with van der Waals surface area (Å²) in [5.41, 5.74) is 0.247. The monoisotopic (exact) mass is 276 g/mol. The third-order valence-corrected chi connectivity index (χ3v) is 3.65. The lowest BCUT2D eigenvalue weighted by atomic mass is 10.0. The third-order valence-electron chi connectivity index (χ3n) is 3.65. The Bertz CT molecular complexity index is 513. The SMILES string of the molecule is CC1NC(C)(C)N(C(Cc2ccccc2)C(=O)O)C1=O. The lowest BCUT2D eigenvalue weighted by Gasteiger charge is -2.36. The molecule has 1 heterocycles. The second-order valence-electron chi connectivity index (χ2n) is 5.68. The van der Waals surface area contributed by atoms with Crippen molar-refractivity contribution in [1.29, 1.82) is 0 Å². The molecule has 5 heteroatoms. The smallest absolute Gasteiger partial charge is 0.326 e. The van der Waals surface area contributed by atoms with Gasteiger partial charge in [0, 0.05) is 6.42 Å². The molecule has 1 aromatic carbocycles. The Labute approximate surface area is 118 Å². The van der Waals surface area contributed by atoms with E-state index in [1.807, 2.05) is 44.2 Å². The van der Waals surface area contributed by atoms with Crippen molar-refractivity contribution >= 4 is 11.9 Å². The van der Waals surface area contributed by atoms with Gasteiger partial charge in [0.1, 0.15) is 6.04 Å². The predicted molar refractivity (Wildman–Crippen MR) is 75.1 cm³/mol. The molecule has 1 aromatic rings. The van der Waals surface area contributed by atoms with E-state index in [1.165, 1.54) is 4.90 Å². The Morgan fingerprint density at radius 1 is 1.40 bits per heavy atom. The molecule has 0 aliphatic carbocycles. The molecular formula is C15H20N2O3. The maximum Gasteiger partial charge on any atom is 0.326 e. The molecule has 2 rings (SSSR count). The molecule has 2 N–H and O–H groups in total. The van der Waals surface area contributed by atoms with Gasteiger partial charge in [-0.3, -0.25) is 10.1 Å². The molecule has 0 bridgehead atoms. The fraction of sp³-hybridized carbons (Fsp3) is 0.467. The van der Waals surface area contributed by atoms with E-state index < -0.39 is 17.7 Å². The van der Waals surface area contributed by atoms with Crippen LogP contribution in [0.3, 0.4) is 0 Å². The van der Waals surface area contributed by atoms with Crippen molar-refractivity contribution in [3.05, 3.63) is 35.9 Å². The van der Waals surface area contributed by atoms with Crippen molar-refractivity contribution in [2.75, 3.05) is 0 Å². The van der Waals surface area contributed by atoms with E-state index in [0.717, 1.165) is 5.56 Å². The third kappa shape index (κ3) is 2.67. The highest BCUT2D eigenvalue weighted by Gasteiger charge is 2.47. The van der Waals surface area contributed by atoms with Crippen LogP contribution in [0, 0.1) is 0 Å². The molecule has 20 heavy (non-hydrogen) atoms. The molecule has 0 spiro atoms. The fourth-order valence-electron chi connectivity index (χ4n) is 2.81. The number of aliphatic carboxylic acids is 1. The van der Waals surface area contributed by atoms with E-state index in [4.69, 9.17) is 0 Å². The first kappa shape index (κ1) is 14.5. The van der Waals surface area contributed by atoms with Crippen LogP contribution >= 0.6 is 0 Å². The summed E-state index contributed by atoms with van der Waals surface area (Å²) in [6, 6.07) is 8.15. The molecule has 5 nitrogen and oxygen atoms in total. The van der Waals surface area contributed by atoms with Crippen molar-refractivity contribution in [2.45, 2.75) is 44.9 Å². The van der Waals surface area contributed by atoms with Crippen molar-refractivity contribution in [3.8, 4) is 0 Å². The number of benzene rings is 1. The van der Waals surface area contributed by atoms with E-state index in [2.05, 4.69) is 5.32 Å². The van der Waals surface area contributed by atoms with Crippen molar-refractivity contribution in [2.24, 2.45) is 0 Å². The van der Waals surface area contributed by atoms with Gasteiger partial charge in [-0.15, -0.1) is 0 Å². The molecule has 1 saturated heterocycles. The van der Waals surface area contributed by atoms with Gasteiger partial charge in [0.2, 0.25) is 5.91 Å². The maximum absolute atomic E-state index is 12.3. The fourth-order valence-corrected chi connectivity index (χ4v) is 2.81. The second kappa shape index (κ2) is 5.25. The molecule has 2 atom stereocenters. The number of amides is 1. The Kier molecular flexibility index (Phi) is 3.81. The molecule has 1 aliphatic heterocycles. The number of rotatable bonds is 4. The number of nitrogens with one attached hydrogen (secondary N) is 1. The topological polar surface area (TPSA) is 69.6 Å². The molecule has 1 fully saturated rings. The van der Waals surface area contributed by atoms with Crippen LogP contribution in [0.2, 0.25) is 0 Å². The minimum atomic E-state index is -0.980. The highest BCUT2D eigenvalue weighted by molar-refractivity contribution is 5.89. The first-order valence-electron chi connectivity index (χ1n) is 6.70. The highest BCUT2D eigenvalue weighted by atomic mass is 16.4. The Morgan fingerprint density at radius 3 is 2.45 bits per heavy atom. The predicted octanol–water partition coefficient (Wildman–Crippen LogP) is 1.24. The molecule has 0 aromatic heterocycles. The number of nitrogens with zero attached hydrogens (tertiary/aromatic N) is 1. The second-order valence-corrected chi connectivity index (χ2v) is 5.68. The van der Waals surface area contributed by atoms with Gasteiger partial charge in [0.15, 0.2) is 0 Å². The number of carbonyl (C=O) groups excluding carboxylic acids is 1. The zero-order valence-corrected chi connectivity index (χ0v) is 12.0. The van der Waals surface area contributed by atoms with E-state index in [-0.39, 0.29) is 11.9 Å². The summed E-state index contributed by atoms with van der Waals surface area (Å²) in [6.45, 7) is 5.41. The first-order chi connectivity index (χ1) is 9.33. The van der Waals surface area contributed by atoms with E-state index >= 15 is 0 Å². The largest absolute Gasteiger partial charge is 0.480 e. The quantitative estimate of drug-likeness (QED) is 0.868. The van der Waals surface area contributed by atoms with E-state index in [0.29, 0.717) is 6.42 Å². The zero-order valence-electron chi connectivity index (χ0n) is 12.0. The van der Waals surface area contributed by atoms with Crippen LogP contribution in [0.4, 0.5) is 0 Å². The van der Waals surface area contributed by atoms with Gasteiger partial charge in [-0.05, 0) is 26.3 Å². The average molecular weight is 276 g/mol. The van der Waals surface area contributed by atoms with Crippen LogP contribution in [-0.2, 0) is 16.0 Å². The molecular weight excluding hydrogens is 256 g/mol. The van der Waals surface area contributed by atoms with Crippen LogP contribution < -0.4 is 5.32 Å². The summed E-state index contributed by atoms with van der Waals surface area (Å²) in [5, 5.41) is 12.6. The van der Waals surface area contributed by atoms with Gasteiger partial charge in [0.25, 0.3) is 0 Å². The maximum atomic E-state index is 12.3. The van der Waals surface area contributed by atoms with E-state index in [1.54, 1.807) is 6.92 Å². The summed E-state index contributed by atoms with van der Waals surface area (Å²) >= 11 is 0. The van der Waals surface area contributed by atoms with Crippen LogP contribution in [0.1, 0.15) is 26.3 Å². The van der Waals surface area contributed by atoms with Gasteiger partial charge in [-0.25, -0.2) is 4.79 Å². The lowest BCUT2D eigenvalue weighted by molar-refractivity contribution is -0.152. The number of carboxylic acids is 1. The molecule has 1 aliphatic rings. The minimum absolute atomic E-state index is 0.168. The number of hydrogen-bond donors (Lipinski definition) is 2. The number of carboxylic acid groups (broad SMARTS) is 1. The van der Waals surface area contributed by atoms with Gasteiger partial charge in [-0.1, -0.05) is 30.3 Å². The van der Waals surface area contributed by atoms with Crippen LogP contribution in [0.5, 0.6) is 0 Å².